The Labute approximate surface area is 91.3 Å². The minimum Gasteiger partial charge on any atom is -0.456 e. The molecule has 1 fully saturated rings. The maximum atomic E-state index is 5.21. The minimum absolute atomic E-state index is 0.149. The van der Waals surface area contributed by atoms with E-state index in [-0.39, 0.29) is 5.54 Å². The standard InChI is InChI=1S/C13H17NO/c1-3-14(4-2)13(9-10-13)8-7-12-6-5-11-15-12/h5-6,11H,3-4,9-10H2,1-2H3. The SMILES string of the molecule is CCN(CC)C1(C#Cc2ccco2)CC1. The lowest BCUT2D eigenvalue weighted by Gasteiger charge is -2.24. The summed E-state index contributed by atoms with van der Waals surface area (Å²) in [5.41, 5.74) is 0.149. The molecule has 2 heteroatoms. The van der Waals surface area contributed by atoms with Gasteiger partial charge in [-0.3, -0.25) is 4.90 Å². The fourth-order valence-electron chi connectivity index (χ4n) is 2.00. The monoisotopic (exact) mass is 203 g/mol. The normalized spacial score (nSPS) is 17.3. The molecule has 80 valence electrons. The third-order valence-corrected chi connectivity index (χ3v) is 3.03. The van der Waals surface area contributed by atoms with Crippen LogP contribution in [0.1, 0.15) is 32.4 Å². The van der Waals surface area contributed by atoms with Gasteiger partial charge < -0.3 is 4.42 Å². The van der Waals surface area contributed by atoms with E-state index in [1.807, 2.05) is 12.1 Å². The fraction of sp³-hybridized carbons (Fsp3) is 0.538. The first-order valence-electron chi connectivity index (χ1n) is 5.62. The molecule has 0 amide bonds. The van der Waals surface area contributed by atoms with Gasteiger partial charge in [0.05, 0.1) is 11.8 Å². The molecule has 1 aromatic rings. The van der Waals surface area contributed by atoms with E-state index in [0.29, 0.717) is 0 Å². The lowest BCUT2D eigenvalue weighted by atomic mass is 10.2. The first kappa shape index (κ1) is 10.3. The summed E-state index contributed by atoms with van der Waals surface area (Å²) in [5.74, 6) is 7.25. The van der Waals surface area contributed by atoms with Crippen molar-refractivity contribution < 1.29 is 4.42 Å². The van der Waals surface area contributed by atoms with Gasteiger partial charge in [-0.25, -0.2) is 0 Å². The van der Waals surface area contributed by atoms with Crippen LogP contribution in [0.4, 0.5) is 0 Å². The van der Waals surface area contributed by atoms with E-state index in [0.717, 1.165) is 18.8 Å². The summed E-state index contributed by atoms with van der Waals surface area (Å²) in [5, 5.41) is 0. The molecule has 0 unspecified atom stereocenters. The molecule has 0 atom stereocenters. The molecule has 0 aliphatic heterocycles. The second-order valence-corrected chi connectivity index (χ2v) is 3.93. The molecule has 0 saturated heterocycles. The van der Waals surface area contributed by atoms with Gasteiger partial charge in [0.2, 0.25) is 0 Å². The Kier molecular flexibility index (Phi) is 2.83. The fourth-order valence-corrected chi connectivity index (χ4v) is 2.00. The molecule has 0 spiro atoms. The predicted molar refractivity (Wildman–Crippen MR) is 60.5 cm³/mol. The molecule has 0 radical (unpaired) electrons. The van der Waals surface area contributed by atoms with Crippen LogP contribution in [0.2, 0.25) is 0 Å². The number of furan rings is 1. The largest absolute Gasteiger partial charge is 0.456 e. The van der Waals surface area contributed by atoms with E-state index < -0.39 is 0 Å². The molecule has 0 N–H and O–H groups in total. The van der Waals surface area contributed by atoms with E-state index in [4.69, 9.17) is 4.42 Å². The average Bonchev–Trinajstić information content (AvgIpc) is 2.85. The van der Waals surface area contributed by atoms with Crippen LogP contribution in [0.5, 0.6) is 0 Å². The predicted octanol–water partition coefficient (Wildman–Crippen LogP) is 2.51. The van der Waals surface area contributed by atoms with Crippen molar-refractivity contribution >= 4 is 0 Å². The summed E-state index contributed by atoms with van der Waals surface area (Å²) in [7, 11) is 0. The third kappa shape index (κ3) is 2.08. The van der Waals surface area contributed by atoms with Crippen LogP contribution in [0, 0.1) is 11.8 Å². The van der Waals surface area contributed by atoms with E-state index in [9.17, 15) is 0 Å². The summed E-state index contributed by atoms with van der Waals surface area (Å²) in [6.45, 7) is 6.53. The zero-order chi connectivity index (χ0) is 10.7. The first-order valence-corrected chi connectivity index (χ1v) is 5.62. The number of nitrogens with zero attached hydrogens (tertiary/aromatic N) is 1. The van der Waals surface area contributed by atoms with Crippen LogP contribution in [0.15, 0.2) is 22.8 Å². The van der Waals surface area contributed by atoms with Crippen molar-refractivity contribution in [3.8, 4) is 11.8 Å². The third-order valence-electron chi connectivity index (χ3n) is 3.03. The van der Waals surface area contributed by atoms with Gasteiger partial charge in [0, 0.05) is 0 Å². The summed E-state index contributed by atoms with van der Waals surface area (Å²) in [4.78, 5) is 2.43. The number of rotatable bonds is 3. The van der Waals surface area contributed by atoms with Crippen LogP contribution >= 0.6 is 0 Å². The zero-order valence-corrected chi connectivity index (χ0v) is 9.42. The molecular formula is C13H17NO. The van der Waals surface area contributed by atoms with E-state index in [1.54, 1.807) is 6.26 Å². The molecule has 1 saturated carbocycles. The highest BCUT2D eigenvalue weighted by Crippen LogP contribution is 2.40. The van der Waals surface area contributed by atoms with Gasteiger partial charge in [0.25, 0.3) is 0 Å². The number of hydrogen-bond donors (Lipinski definition) is 0. The summed E-state index contributed by atoms with van der Waals surface area (Å²) in [6.07, 6.45) is 4.06. The zero-order valence-electron chi connectivity index (χ0n) is 9.42. The lowest BCUT2D eigenvalue weighted by molar-refractivity contribution is 0.244. The Hall–Kier alpha value is -1.20. The van der Waals surface area contributed by atoms with E-state index in [1.165, 1.54) is 12.8 Å². The van der Waals surface area contributed by atoms with Gasteiger partial charge in [-0.2, -0.15) is 0 Å². The molecule has 0 bridgehead atoms. The quantitative estimate of drug-likeness (QED) is 0.702. The minimum atomic E-state index is 0.149. The molecule has 1 aliphatic rings. The number of hydrogen-bond acceptors (Lipinski definition) is 2. The highest BCUT2D eigenvalue weighted by atomic mass is 16.3. The lowest BCUT2D eigenvalue weighted by Crippen LogP contribution is -2.35. The van der Waals surface area contributed by atoms with Crippen molar-refractivity contribution in [1.29, 1.82) is 0 Å². The molecule has 1 aliphatic carbocycles. The Morgan fingerprint density at radius 2 is 2.13 bits per heavy atom. The van der Waals surface area contributed by atoms with Crippen LogP contribution in [0.25, 0.3) is 0 Å². The van der Waals surface area contributed by atoms with Gasteiger partial charge in [-0.15, -0.1) is 0 Å². The van der Waals surface area contributed by atoms with Crippen molar-refractivity contribution in [2.45, 2.75) is 32.2 Å². The van der Waals surface area contributed by atoms with Crippen LogP contribution in [-0.4, -0.2) is 23.5 Å². The van der Waals surface area contributed by atoms with Crippen molar-refractivity contribution in [2.24, 2.45) is 0 Å². The Morgan fingerprint density at radius 3 is 2.60 bits per heavy atom. The topological polar surface area (TPSA) is 16.4 Å². The molecule has 1 aromatic heterocycles. The Morgan fingerprint density at radius 1 is 1.40 bits per heavy atom. The average molecular weight is 203 g/mol. The van der Waals surface area contributed by atoms with Gasteiger partial charge in [0.1, 0.15) is 0 Å². The molecule has 2 rings (SSSR count). The maximum absolute atomic E-state index is 5.21. The van der Waals surface area contributed by atoms with Gasteiger partial charge in [-0.1, -0.05) is 19.8 Å². The van der Waals surface area contributed by atoms with Crippen molar-refractivity contribution in [1.82, 2.24) is 4.90 Å². The Bertz CT molecular complexity index is 361. The maximum Gasteiger partial charge on any atom is 0.176 e. The van der Waals surface area contributed by atoms with Crippen LogP contribution in [0.3, 0.4) is 0 Å². The summed E-state index contributed by atoms with van der Waals surface area (Å²) >= 11 is 0. The van der Waals surface area contributed by atoms with Crippen molar-refractivity contribution in [3.63, 3.8) is 0 Å². The Balaban J connectivity index is 2.11. The van der Waals surface area contributed by atoms with Gasteiger partial charge in [-0.05, 0) is 44.0 Å². The second-order valence-electron chi connectivity index (χ2n) is 3.93. The van der Waals surface area contributed by atoms with Crippen LogP contribution in [-0.2, 0) is 0 Å². The highest BCUT2D eigenvalue weighted by molar-refractivity contribution is 5.34. The van der Waals surface area contributed by atoms with Gasteiger partial charge in [0.15, 0.2) is 5.76 Å². The van der Waals surface area contributed by atoms with E-state index >= 15 is 0 Å². The smallest absolute Gasteiger partial charge is 0.176 e. The van der Waals surface area contributed by atoms with Crippen molar-refractivity contribution in [2.75, 3.05) is 13.1 Å². The van der Waals surface area contributed by atoms with Crippen molar-refractivity contribution in [3.05, 3.63) is 24.2 Å². The molecular weight excluding hydrogens is 186 g/mol. The highest BCUT2D eigenvalue weighted by Gasteiger charge is 2.45. The van der Waals surface area contributed by atoms with Gasteiger partial charge >= 0.3 is 0 Å². The molecule has 15 heavy (non-hydrogen) atoms. The second kappa shape index (κ2) is 4.12. The summed E-state index contributed by atoms with van der Waals surface area (Å²) < 4.78 is 5.21. The molecule has 0 aromatic carbocycles. The van der Waals surface area contributed by atoms with Crippen LogP contribution < -0.4 is 0 Å². The van der Waals surface area contributed by atoms with E-state index in [2.05, 4.69) is 30.6 Å². The first-order chi connectivity index (χ1) is 7.30. The molecule has 1 heterocycles. The molecule has 2 nitrogen and oxygen atoms in total. The summed E-state index contributed by atoms with van der Waals surface area (Å²) in [6, 6.07) is 3.78.